The van der Waals surface area contributed by atoms with Crippen LogP contribution in [0.2, 0.25) is 0 Å². The van der Waals surface area contributed by atoms with E-state index in [1.54, 1.807) is 6.20 Å². The van der Waals surface area contributed by atoms with Crippen molar-refractivity contribution < 1.29 is 0 Å². The summed E-state index contributed by atoms with van der Waals surface area (Å²) in [5, 5.41) is 12.8. The number of aromatic nitrogens is 2. The van der Waals surface area contributed by atoms with Crippen molar-refractivity contribution in [3.63, 3.8) is 0 Å². The first-order valence-corrected chi connectivity index (χ1v) is 9.06. The highest BCUT2D eigenvalue weighted by molar-refractivity contribution is 5.76. The maximum absolute atomic E-state index is 9.54. The van der Waals surface area contributed by atoms with Gasteiger partial charge in [0.05, 0.1) is 17.0 Å². The molecule has 2 aromatic heterocycles. The van der Waals surface area contributed by atoms with Gasteiger partial charge in [-0.25, -0.2) is 0 Å². The van der Waals surface area contributed by atoms with E-state index in [-0.39, 0.29) is 0 Å². The van der Waals surface area contributed by atoms with Gasteiger partial charge in [-0.2, -0.15) is 5.26 Å². The van der Waals surface area contributed by atoms with Crippen LogP contribution in [0, 0.1) is 11.3 Å². The average Bonchev–Trinajstić information content (AvgIpc) is 3.18. The first kappa shape index (κ1) is 17.0. The molecule has 0 saturated heterocycles. The molecule has 1 aromatic carbocycles. The van der Waals surface area contributed by atoms with Gasteiger partial charge >= 0.3 is 0 Å². The topological polar surface area (TPSA) is 64.5 Å². The predicted octanol–water partition coefficient (Wildman–Crippen LogP) is 4.50. The molecule has 2 N–H and O–H groups in total. The molecule has 132 valence electrons. The fourth-order valence-electron chi connectivity index (χ4n) is 3.25. The Morgan fingerprint density at radius 1 is 1.07 bits per heavy atom. The normalized spacial score (nSPS) is 14.1. The van der Waals surface area contributed by atoms with Gasteiger partial charge < -0.3 is 10.3 Å². The van der Waals surface area contributed by atoms with Crippen molar-refractivity contribution in [1.82, 2.24) is 15.3 Å². The van der Waals surface area contributed by atoms with E-state index in [4.69, 9.17) is 0 Å². The Kier molecular flexibility index (Phi) is 4.95. The van der Waals surface area contributed by atoms with Gasteiger partial charge in [0.2, 0.25) is 0 Å². The van der Waals surface area contributed by atoms with Crippen molar-refractivity contribution in [2.45, 2.75) is 6.42 Å². The number of H-pyrrole nitrogens is 1. The fourth-order valence-corrected chi connectivity index (χ4v) is 3.25. The summed E-state index contributed by atoms with van der Waals surface area (Å²) in [6.45, 7) is 1.78. The largest absolute Gasteiger partial charge is 0.354 e. The molecule has 0 aliphatic carbocycles. The predicted molar refractivity (Wildman–Crippen MR) is 110 cm³/mol. The van der Waals surface area contributed by atoms with E-state index in [2.05, 4.69) is 39.6 Å². The van der Waals surface area contributed by atoms with Crippen LogP contribution in [0.25, 0.3) is 29.0 Å². The molecule has 3 heterocycles. The second-order valence-corrected chi connectivity index (χ2v) is 6.48. The van der Waals surface area contributed by atoms with Crippen LogP contribution >= 0.6 is 0 Å². The maximum Gasteiger partial charge on any atom is 0.101 e. The van der Waals surface area contributed by atoms with Crippen LogP contribution in [-0.4, -0.2) is 23.1 Å². The Hall–Kier alpha value is -3.42. The molecular formula is C23H20N4. The molecule has 4 nitrogen and oxygen atoms in total. The third kappa shape index (κ3) is 3.89. The summed E-state index contributed by atoms with van der Waals surface area (Å²) in [6.07, 6.45) is 8.93. The van der Waals surface area contributed by atoms with Crippen molar-refractivity contribution in [3.05, 3.63) is 83.3 Å². The van der Waals surface area contributed by atoms with Crippen LogP contribution in [0.1, 0.15) is 28.9 Å². The van der Waals surface area contributed by atoms with E-state index >= 15 is 0 Å². The third-order valence-corrected chi connectivity index (χ3v) is 4.66. The summed E-state index contributed by atoms with van der Waals surface area (Å²) in [5.41, 5.74) is 6.81. The lowest BCUT2D eigenvalue weighted by Gasteiger charge is -2.13. The molecule has 1 aliphatic rings. The van der Waals surface area contributed by atoms with Gasteiger partial charge in [-0.15, -0.1) is 0 Å². The zero-order chi connectivity index (χ0) is 18.5. The zero-order valence-electron chi connectivity index (χ0n) is 14.9. The molecule has 0 saturated carbocycles. The minimum absolute atomic E-state index is 0.691. The molecule has 0 atom stereocenters. The first-order chi connectivity index (χ1) is 13.3. The highest BCUT2D eigenvalue weighted by Crippen LogP contribution is 2.28. The summed E-state index contributed by atoms with van der Waals surface area (Å²) in [5.74, 6) is 0. The number of aromatic amines is 1. The monoisotopic (exact) mass is 352 g/mol. The SMILES string of the molecule is N#Cc1cc(-c2ccnc(C=Cc3ccccc3)c2)[nH]c1C1=CCNCC1. The molecule has 0 bridgehead atoms. The van der Waals surface area contributed by atoms with Crippen molar-refractivity contribution in [2.24, 2.45) is 0 Å². The second kappa shape index (κ2) is 7.86. The van der Waals surface area contributed by atoms with E-state index in [1.807, 2.05) is 48.6 Å². The minimum atomic E-state index is 0.691. The van der Waals surface area contributed by atoms with Gasteiger partial charge in [0.15, 0.2) is 0 Å². The third-order valence-electron chi connectivity index (χ3n) is 4.66. The molecule has 1 aliphatic heterocycles. The number of nitrogens with one attached hydrogen (secondary N) is 2. The van der Waals surface area contributed by atoms with Gasteiger partial charge in [0.25, 0.3) is 0 Å². The number of nitrogens with zero attached hydrogens (tertiary/aromatic N) is 2. The standard InChI is InChI=1S/C23H20N4/c24-16-20-15-22(27-23(20)18-8-11-25-12-9-18)19-10-13-26-21(14-19)7-6-17-4-2-1-3-5-17/h1-8,10,13-15,25,27H,9,11-12H2. The van der Waals surface area contributed by atoms with E-state index in [0.717, 1.165) is 47.7 Å². The number of hydrogen-bond acceptors (Lipinski definition) is 3. The van der Waals surface area contributed by atoms with E-state index in [1.165, 1.54) is 5.57 Å². The van der Waals surface area contributed by atoms with Crippen molar-refractivity contribution in [2.75, 3.05) is 13.1 Å². The molecule has 0 amide bonds. The van der Waals surface area contributed by atoms with Crippen molar-refractivity contribution in [3.8, 4) is 17.3 Å². The Morgan fingerprint density at radius 3 is 2.74 bits per heavy atom. The van der Waals surface area contributed by atoms with Gasteiger partial charge in [0.1, 0.15) is 6.07 Å². The Labute approximate surface area is 158 Å². The highest BCUT2D eigenvalue weighted by Gasteiger charge is 2.15. The smallest absolute Gasteiger partial charge is 0.101 e. The summed E-state index contributed by atoms with van der Waals surface area (Å²) in [4.78, 5) is 7.88. The van der Waals surface area contributed by atoms with Crippen LogP contribution in [-0.2, 0) is 0 Å². The molecule has 3 aromatic rings. The Morgan fingerprint density at radius 2 is 1.96 bits per heavy atom. The molecule has 0 spiro atoms. The molecule has 0 fully saturated rings. The molecule has 4 rings (SSSR count). The van der Waals surface area contributed by atoms with E-state index in [9.17, 15) is 5.26 Å². The van der Waals surface area contributed by atoms with Gasteiger partial charge in [-0.3, -0.25) is 4.98 Å². The number of nitriles is 1. The van der Waals surface area contributed by atoms with Crippen LogP contribution in [0.3, 0.4) is 0 Å². The van der Waals surface area contributed by atoms with Crippen LogP contribution in [0.4, 0.5) is 0 Å². The second-order valence-electron chi connectivity index (χ2n) is 6.48. The number of pyridine rings is 1. The summed E-state index contributed by atoms with van der Waals surface area (Å²) in [6, 6.07) is 18.4. The lowest BCUT2D eigenvalue weighted by molar-refractivity contribution is 0.737. The molecule has 0 radical (unpaired) electrons. The Balaban J connectivity index is 1.64. The number of benzene rings is 1. The van der Waals surface area contributed by atoms with Gasteiger partial charge in [0, 0.05) is 24.0 Å². The average molecular weight is 352 g/mol. The van der Waals surface area contributed by atoms with E-state index in [0.29, 0.717) is 5.56 Å². The fraction of sp³-hybridized carbons (Fsp3) is 0.130. The lowest BCUT2D eigenvalue weighted by Crippen LogP contribution is -2.20. The Bertz CT molecular complexity index is 1040. The summed E-state index contributed by atoms with van der Waals surface area (Å²) in [7, 11) is 0. The molecule has 0 unspecified atom stereocenters. The summed E-state index contributed by atoms with van der Waals surface area (Å²) < 4.78 is 0. The maximum atomic E-state index is 9.54. The quantitative estimate of drug-likeness (QED) is 0.727. The molecule has 4 heteroatoms. The van der Waals surface area contributed by atoms with E-state index < -0.39 is 0 Å². The van der Waals surface area contributed by atoms with Gasteiger partial charge in [-0.05, 0) is 48.4 Å². The van der Waals surface area contributed by atoms with Crippen LogP contribution in [0.5, 0.6) is 0 Å². The van der Waals surface area contributed by atoms with Gasteiger partial charge in [-0.1, -0.05) is 42.5 Å². The number of rotatable bonds is 4. The molecular weight excluding hydrogens is 332 g/mol. The lowest BCUT2D eigenvalue weighted by atomic mass is 10.0. The minimum Gasteiger partial charge on any atom is -0.354 e. The highest BCUT2D eigenvalue weighted by atomic mass is 14.9. The van der Waals surface area contributed by atoms with Crippen LogP contribution < -0.4 is 5.32 Å². The number of hydrogen-bond donors (Lipinski definition) is 2. The summed E-state index contributed by atoms with van der Waals surface area (Å²) >= 11 is 0. The zero-order valence-corrected chi connectivity index (χ0v) is 14.9. The van der Waals surface area contributed by atoms with Crippen molar-refractivity contribution in [1.29, 1.82) is 5.26 Å². The van der Waals surface area contributed by atoms with Crippen molar-refractivity contribution >= 4 is 17.7 Å². The molecule has 27 heavy (non-hydrogen) atoms. The van der Waals surface area contributed by atoms with Crippen LogP contribution in [0.15, 0.2) is 60.8 Å². The first-order valence-electron chi connectivity index (χ1n) is 9.06.